The lowest BCUT2D eigenvalue weighted by molar-refractivity contribution is 0.587. The maximum absolute atomic E-state index is 11.8. The first-order valence-electron chi connectivity index (χ1n) is 3.69. The maximum atomic E-state index is 11.8. The number of sulfonamides is 1. The molecule has 0 aliphatic rings. The molecule has 0 spiro atoms. The fraction of sp³-hybridized carbons (Fsp3) is 0.143. The van der Waals surface area contributed by atoms with E-state index in [1.807, 2.05) is 0 Å². The molecule has 0 aliphatic heterocycles. The molecule has 0 bridgehead atoms. The van der Waals surface area contributed by atoms with Crippen LogP contribution in [-0.2, 0) is 10.0 Å². The van der Waals surface area contributed by atoms with E-state index in [4.69, 9.17) is 0 Å². The number of rotatable bonds is 2. The zero-order valence-corrected chi connectivity index (χ0v) is 16.4. The monoisotopic (exact) mass is 561 g/mol. The van der Waals surface area contributed by atoms with Gasteiger partial charge in [-0.25, -0.2) is 13.1 Å². The Bertz CT molecular complexity index is 513. The lowest BCUT2D eigenvalue weighted by Gasteiger charge is -2.13. The topological polar surface area (TPSA) is 46.2 Å². The maximum Gasteiger partial charge on any atom is 0.242 e. The van der Waals surface area contributed by atoms with Crippen LogP contribution in [0, 0.1) is 0 Å². The number of halogens is 5. The molecule has 0 heterocycles. The molecule has 9 heteroatoms. The van der Waals surface area contributed by atoms with Crippen LogP contribution in [0.2, 0.25) is 0 Å². The van der Waals surface area contributed by atoms with Crippen LogP contribution >= 0.6 is 79.6 Å². The number of nitrogens with one attached hydrogen (secondary N) is 1. The summed E-state index contributed by atoms with van der Waals surface area (Å²) in [5.41, 5.74) is 0. The first-order valence-corrected chi connectivity index (χ1v) is 9.13. The Morgan fingerprint density at radius 3 is 1.44 bits per heavy atom. The van der Waals surface area contributed by atoms with Crippen LogP contribution in [0.4, 0.5) is 0 Å². The molecule has 0 aromatic heterocycles. The number of hydrogen-bond donors (Lipinski definition) is 1. The van der Waals surface area contributed by atoms with E-state index >= 15 is 0 Å². The van der Waals surface area contributed by atoms with Crippen LogP contribution in [0.15, 0.2) is 27.3 Å². The fourth-order valence-electron chi connectivity index (χ4n) is 0.923. The van der Waals surface area contributed by atoms with E-state index in [1.165, 1.54) is 7.05 Å². The SMILES string of the molecule is CNS(=O)(=O)c1c(Br)c(Br)c(Br)c(Br)c1Br. The Kier molecular flexibility index (Phi) is 5.52. The minimum absolute atomic E-state index is 0.136. The van der Waals surface area contributed by atoms with Gasteiger partial charge in [-0.15, -0.1) is 0 Å². The van der Waals surface area contributed by atoms with Crippen molar-refractivity contribution in [1.82, 2.24) is 4.72 Å². The van der Waals surface area contributed by atoms with Crippen LogP contribution in [0.5, 0.6) is 0 Å². The smallest absolute Gasteiger partial charge is 0.214 e. The van der Waals surface area contributed by atoms with E-state index in [9.17, 15) is 8.42 Å². The molecule has 0 saturated heterocycles. The third kappa shape index (κ3) is 2.75. The molecule has 1 aromatic carbocycles. The van der Waals surface area contributed by atoms with Crippen molar-refractivity contribution in [2.45, 2.75) is 4.90 Å². The summed E-state index contributed by atoms with van der Waals surface area (Å²) < 4.78 is 28.8. The van der Waals surface area contributed by atoms with Crippen LogP contribution in [0.1, 0.15) is 0 Å². The van der Waals surface area contributed by atoms with Crippen molar-refractivity contribution in [2.24, 2.45) is 0 Å². The molecule has 90 valence electrons. The summed E-state index contributed by atoms with van der Waals surface area (Å²) in [6.07, 6.45) is 0. The molecule has 16 heavy (non-hydrogen) atoms. The van der Waals surface area contributed by atoms with Crippen LogP contribution in [0.25, 0.3) is 0 Å². The Morgan fingerprint density at radius 1 is 0.812 bits per heavy atom. The van der Waals surface area contributed by atoms with Crippen molar-refractivity contribution in [3.05, 3.63) is 22.4 Å². The summed E-state index contributed by atoms with van der Waals surface area (Å²) in [6.45, 7) is 0. The summed E-state index contributed by atoms with van der Waals surface area (Å²) in [7, 11) is -2.19. The molecule has 1 N–H and O–H groups in total. The van der Waals surface area contributed by atoms with Crippen LogP contribution in [0.3, 0.4) is 0 Å². The van der Waals surface area contributed by atoms with Gasteiger partial charge in [-0.3, -0.25) is 0 Å². The molecule has 0 amide bonds. The van der Waals surface area contributed by atoms with Gasteiger partial charge in [-0.1, -0.05) is 0 Å². The van der Waals surface area contributed by atoms with Gasteiger partial charge >= 0.3 is 0 Å². The largest absolute Gasteiger partial charge is 0.242 e. The highest BCUT2D eigenvalue weighted by Crippen LogP contribution is 2.46. The number of hydrogen-bond acceptors (Lipinski definition) is 2. The molecular formula is C7H4Br5NO2S. The summed E-state index contributed by atoms with van der Waals surface area (Å²) in [5.74, 6) is 0. The molecule has 1 rings (SSSR count). The minimum Gasteiger partial charge on any atom is -0.214 e. The molecular weight excluding hydrogens is 562 g/mol. The molecule has 0 saturated carbocycles. The molecule has 0 radical (unpaired) electrons. The van der Waals surface area contributed by atoms with Gasteiger partial charge in [0.2, 0.25) is 10.0 Å². The van der Waals surface area contributed by atoms with Gasteiger partial charge in [0.05, 0.1) is 8.95 Å². The van der Waals surface area contributed by atoms with Gasteiger partial charge in [0, 0.05) is 13.4 Å². The van der Waals surface area contributed by atoms with Crippen molar-refractivity contribution in [1.29, 1.82) is 0 Å². The predicted octanol–water partition coefficient (Wildman–Crippen LogP) is 4.41. The van der Waals surface area contributed by atoms with Crippen molar-refractivity contribution >= 4 is 89.7 Å². The van der Waals surface area contributed by atoms with Crippen molar-refractivity contribution in [3.8, 4) is 0 Å². The van der Waals surface area contributed by atoms with E-state index in [1.54, 1.807) is 0 Å². The van der Waals surface area contributed by atoms with Crippen LogP contribution in [-0.4, -0.2) is 15.5 Å². The second-order valence-corrected chi connectivity index (χ2v) is 8.39. The van der Waals surface area contributed by atoms with Crippen LogP contribution < -0.4 is 4.72 Å². The van der Waals surface area contributed by atoms with Gasteiger partial charge in [0.15, 0.2) is 0 Å². The third-order valence-electron chi connectivity index (χ3n) is 1.71. The summed E-state index contributed by atoms with van der Waals surface area (Å²) >= 11 is 16.4. The normalized spacial score (nSPS) is 11.9. The average molecular weight is 566 g/mol. The second-order valence-electron chi connectivity index (χ2n) is 2.61. The molecule has 0 unspecified atom stereocenters. The standard InChI is InChI=1S/C7H4Br5NO2S/c1-13-16(14,15)7-5(11)3(9)2(8)4(10)6(7)12/h13H,1H3. The average Bonchev–Trinajstić information content (AvgIpc) is 2.23. The lowest BCUT2D eigenvalue weighted by atomic mass is 10.4. The molecule has 1 aromatic rings. The predicted molar refractivity (Wildman–Crippen MR) is 81.2 cm³/mol. The quantitative estimate of drug-likeness (QED) is 0.427. The van der Waals surface area contributed by atoms with Gasteiger partial charge in [0.1, 0.15) is 4.90 Å². The molecule has 0 aliphatic carbocycles. The van der Waals surface area contributed by atoms with Gasteiger partial charge in [0.25, 0.3) is 0 Å². The molecule has 0 atom stereocenters. The zero-order valence-electron chi connectivity index (χ0n) is 7.61. The van der Waals surface area contributed by atoms with E-state index in [2.05, 4.69) is 84.4 Å². The zero-order chi connectivity index (χ0) is 12.7. The highest BCUT2D eigenvalue weighted by atomic mass is 79.9. The fourth-order valence-corrected chi connectivity index (χ4v) is 6.39. The van der Waals surface area contributed by atoms with E-state index in [-0.39, 0.29) is 4.90 Å². The van der Waals surface area contributed by atoms with E-state index in [0.717, 1.165) is 4.47 Å². The summed E-state index contributed by atoms with van der Waals surface area (Å²) in [6, 6.07) is 0. The second kappa shape index (κ2) is 5.66. The first kappa shape index (κ1) is 15.6. The lowest BCUT2D eigenvalue weighted by Crippen LogP contribution is -2.20. The van der Waals surface area contributed by atoms with Gasteiger partial charge in [-0.2, -0.15) is 0 Å². The summed E-state index contributed by atoms with van der Waals surface area (Å²) in [4.78, 5) is 0.136. The van der Waals surface area contributed by atoms with Gasteiger partial charge < -0.3 is 0 Å². The Morgan fingerprint density at radius 2 is 1.12 bits per heavy atom. The van der Waals surface area contributed by atoms with Crippen molar-refractivity contribution in [2.75, 3.05) is 7.05 Å². The Labute approximate surface area is 135 Å². The number of benzene rings is 1. The highest BCUT2D eigenvalue weighted by molar-refractivity contribution is 9.15. The summed E-state index contributed by atoms with van der Waals surface area (Å²) in [5, 5.41) is 0. The highest BCUT2D eigenvalue weighted by Gasteiger charge is 2.25. The molecule has 0 fully saturated rings. The molecule has 3 nitrogen and oxygen atoms in total. The van der Waals surface area contributed by atoms with Crippen molar-refractivity contribution < 1.29 is 8.42 Å². The first-order chi connectivity index (χ1) is 7.24. The Hall–Kier alpha value is 1.53. The van der Waals surface area contributed by atoms with E-state index < -0.39 is 10.0 Å². The van der Waals surface area contributed by atoms with E-state index in [0.29, 0.717) is 17.9 Å². The minimum atomic E-state index is -3.55. The van der Waals surface area contributed by atoms with Crippen molar-refractivity contribution in [3.63, 3.8) is 0 Å². The van der Waals surface area contributed by atoms with Gasteiger partial charge in [-0.05, 0) is 86.7 Å². The third-order valence-corrected chi connectivity index (χ3v) is 9.81. The Balaban J connectivity index is 3.79.